The third-order valence-electron chi connectivity index (χ3n) is 6.85. The first-order chi connectivity index (χ1) is 19.6. The van der Waals surface area contributed by atoms with E-state index >= 15 is 0 Å². The standard InChI is InChI=1S/C32H32N2O5S/c1-2-3-19-38-25-21-40-31-27(33-26(35)20-22-13-7-4-8-14-22)30(36)34(31)28(25)32(37)39-29(23-15-9-5-10-16-23)24-17-11-6-12-18-24/h4-18,27,29,31H,2-3,19-21H2,1H3,(H,33,35)/t27-,31-/m1/s1. The Hall–Kier alpha value is -4.04. The summed E-state index contributed by atoms with van der Waals surface area (Å²) in [7, 11) is 0. The van der Waals surface area contributed by atoms with Crippen LogP contribution in [0.1, 0.15) is 42.6 Å². The third-order valence-corrected chi connectivity index (χ3v) is 8.11. The van der Waals surface area contributed by atoms with E-state index in [-0.39, 0.29) is 23.9 Å². The zero-order valence-electron chi connectivity index (χ0n) is 22.3. The molecule has 0 aliphatic carbocycles. The largest absolute Gasteiger partial charge is 0.495 e. The fourth-order valence-corrected chi connectivity index (χ4v) is 6.06. The number of ether oxygens (including phenoxy) is 2. The summed E-state index contributed by atoms with van der Waals surface area (Å²) in [6, 6.07) is 27.7. The number of carbonyl (C=O) groups is 3. The van der Waals surface area contributed by atoms with Gasteiger partial charge in [-0.25, -0.2) is 4.79 Å². The van der Waals surface area contributed by atoms with Crippen molar-refractivity contribution >= 4 is 29.5 Å². The summed E-state index contributed by atoms with van der Waals surface area (Å²) in [5, 5.41) is 2.45. The van der Waals surface area contributed by atoms with Crippen LogP contribution < -0.4 is 5.32 Å². The first-order valence-corrected chi connectivity index (χ1v) is 14.6. The number of nitrogens with one attached hydrogen (secondary N) is 1. The number of esters is 1. The molecule has 206 valence electrons. The zero-order chi connectivity index (χ0) is 27.9. The molecule has 1 fully saturated rings. The van der Waals surface area contributed by atoms with Gasteiger partial charge in [0.1, 0.15) is 17.2 Å². The Balaban J connectivity index is 1.38. The number of hydrogen-bond acceptors (Lipinski definition) is 6. The average molecular weight is 557 g/mol. The summed E-state index contributed by atoms with van der Waals surface area (Å²) in [6.45, 7) is 2.50. The van der Waals surface area contributed by atoms with Crippen LogP contribution in [0.4, 0.5) is 0 Å². The second-order valence-electron chi connectivity index (χ2n) is 9.70. The minimum atomic E-state index is -0.722. The van der Waals surface area contributed by atoms with Crippen LogP contribution in [0.25, 0.3) is 0 Å². The Kier molecular flexibility index (Phi) is 8.86. The lowest BCUT2D eigenvalue weighted by atomic mass is 10.0. The number of benzene rings is 3. The van der Waals surface area contributed by atoms with Crippen LogP contribution >= 0.6 is 11.8 Å². The Morgan fingerprint density at radius 2 is 1.55 bits per heavy atom. The molecule has 0 bridgehead atoms. The SMILES string of the molecule is CCCCOC1=C(C(=O)OC(c2ccccc2)c2ccccc2)N2C(=O)[C@@H](NC(=O)Cc3ccccc3)[C@H]2SC1. The number of β-lactam (4-membered cyclic amide) rings is 1. The summed E-state index contributed by atoms with van der Waals surface area (Å²) in [5.41, 5.74) is 2.62. The minimum absolute atomic E-state index is 0.121. The van der Waals surface area contributed by atoms with Gasteiger partial charge in [0.2, 0.25) is 5.91 Å². The third kappa shape index (κ3) is 6.07. The summed E-state index contributed by atoms with van der Waals surface area (Å²) in [5.74, 6) is -0.386. The summed E-state index contributed by atoms with van der Waals surface area (Å²) in [4.78, 5) is 41.4. The highest BCUT2D eigenvalue weighted by Gasteiger charge is 2.55. The maximum atomic E-state index is 13.9. The molecule has 1 saturated heterocycles. The van der Waals surface area contributed by atoms with E-state index in [1.165, 1.54) is 16.7 Å². The first kappa shape index (κ1) is 27.5. The van der Waals surface area contributed by atoms with Gasteiger partial charge in [-0.3, -0.25) is 14.5 Å². The van der Waals surface area contributed by atoms with Crippen molar-refractivity contribution in [2.45, 2.75) is 43.7 Å². The molecule has 0 spiro atoms. The van der Waals surface area contributed by atoms with Crippen molar-refractivity contribution in [2.75, 3.05) is 12.4 Å². The van der Waals surface area contributed by atoms with Crippen LogP contribution in [-0.2, 0) is 30.3 Å². The van der Waals surface area contributed by atoms with Gasteiger partial charge in [0, 0.05) is 0 Å². The molecule has 2 aliphatic heterocycles. The number of nitrogens with zero attached hydrogens (tertiary/aromatic N) is 1. The van der Waals surface area contributed by atoms with Gasteiger partial charge in [0.15, 0.2) is 11.8 Å². The van der Waals surface area contributed by atoms with Crippen molar-refractivity contribution in [3.8, 4) is 0 Å². The van der Waals surface area contributed by atoms with Crippen molar-refractivity contribution in [1.82, 2.24) is 10.2 Å². The molecule has 2 atom stereocenters. The number of rotatable bonds is 11. The van der Waals surface area contributed by atoms with Crippen molar-refractivity contribution < 1.29 is 23.9 Å². The highest BCUT2D eigenvalue weighted by molar-refractivity contribution is 8.00. The topological polar surface area (TPSA) is 84.9 Å². The van der Waals surface area contributed by atoms with E-state index in [1.807, 2.05) is 91.0 Å². The number of fused-ring (bicyclic) bond motifs is 1. The lowest BCUT2D eigenvalue weighted by Gasteiger charge is -2.49. The molecule has 2 amide bonds. The predicted molar refractivity (Wildman–Crippen MR) is 154 cm³/mol. The van der Waals surface area contributed by atoms with Crippen LogP contribution in [0.2, 0.25) is 0 Å². The van der Waals surface area contributed by atoms with Gasteiger partial charge >= 0.3 is 5.97 Å². The van der Waals surface area contributed by atoms with Gasteiger partial charge in [-0.1, -0.05) is 104 Å². The van der Waals surface area contributed by atoms with E-state index in [0.717, 1.165) is 29.5 Å². The maximum Gasteiger partial charge on any atom is 0.359 e. The quantitative estimate of drug-likeness (QED) is 0.204. The highest BCUT2D eigenvalue weighted by Crippen LogP contribution is 2.42. The molecule has 0 radical (unpaired) electrons. The number of unbranched alkanes of at least 4 members (excludes halogenated alkanes) is 1. The van der Waals surface area contributed by atoms with Crippen molar-refractivity contribution in [3.05, 3.63) is 119 Å². The summed E-state index contributed by atoms with van der Waals surface area (Å²) in [6.07, 6.45) is 1.27. The fourth-order valence-electron chi connectivity index (χ4n) is 4.78. The van der Waals surface area contributed by atoms with Gasteiger partial charge in [0.05, 0.1) is 18.8 Å². The molecule has 40 heavy (non-hydrogen) atoms. The second-order valence-corrected chi connectivity index (χ2v) is 10.8. The van der Waals surface area contributed by atoms with E-state index in [2.05, 4.69) is 12.2 Å². The first-order valence-electron chi connectivity index (χ1n) is 13.5. The Bertz CT molecular complexity index is 1320. The van der Waals surface area contributed by atoms with Crippen molar-refractivity contribution in [3.63, 3.8) is 0 Å². The molecule has 3 aromatic carbocycles. The van der Waals surface area contributed by atoms with Crippen molar-refractivity contribution in [2.24, 2.45) is 0 Å². The molecule has 3 aromatic rings. The molecule has 8 heteroatoms. The summed E-state index contributed by atoms with van der Waals surface area (Å²) < 4.78 is 12.2. The van der Waals surface area contributed by atoms with E-state index < -0.39 is 23.5 Å². The average Bonchev–Trinajstić information content (AvgIpc) is 2.99. The molecule has 5 rings (SSSR count). The van der Waals surface area contributed by atoms with Crippen LogP contribution in [0, 0.1) is 0 Å². The Morgan fingerprint density at radius 3 is 2.15 bits per heavy atom. The van der Waals surface area contributed by atoms with Crippen LogP contribution in [0.3, 0.4) is 0 Å². The van der Waals surface area contributed by atoms with Crippen LogP contribution in [-0.4, -0.2) is 46.5 Å². The van der Waals surface area contributed by atoms with Crippen LogP contribution in [0.15, 0.2) is 102 Å². The smallest absolute Gasteiger partial charge is 0.359 e. The normalized spacial score (nSPS) is 18.1. The lowest BCUT2D eigenvalue weighted by Crippen LogP contribution is -2.70. The monoisotopic (exact) mass is 556 g/mol. The summed E-state index contributed by atoms with van der Waals surface area (Å²) >= 11 is 1.47. The fraction of sp³-hybridized carbons (Fsp3) is 0.281. The lowest BCUT2D eigenvalue weighted by molar-refractivity contribution is -0.155. The van der Waals surface area contributed by atoms with E-state index in [1.54, 1.807) is 0 Å². The molecular weight excluding hydrogens is 524 g/mol. The Labute approximate surface area is 238 Å². The molecule has 7 nitrogen and oxygen atoms in total. The molecule has 2 heterocycles. The van der Waals surface area contributed by atoms with Gasteiger partial charge in [-0.2, -0.15) is 0 Å². The number of hydrogen-bond donors (Lipinski definition) is 1. The highest BCUT2D eigenvalue weighted by atomic mass is 32.2. The molecule has 0 unspecified atom stereocenters. The molecular formula is C32H32N2O5S. The Morgan fingerprint density at radius 1 is 0.950 bits per heavy atom. The number of amides is 2. The van der Waals surface area contributed by atoms with Crippen LogP contribution in [0.5, 0.6) is 0 Å². The molecule has 0 saturated carbocycles. The van der Waals surface area contributed by atoms with Gasteiger partial charge in [-0.15, -0.1) is 11.8 Å². The number of thioether (sulfide) groups is 1. The zero-order valence-corrected chi connectivity index (χ0v) is 23.1. The molecule has 1 N–H and O–H groups in total. The maximum absolute atomic E-state index is 13.9. The minimum Gasteiger partial charge on any atom is -0.495 e. The van der Waals surface area contributed by atoms with E-state index in [0.29, 0.717) is 18.1 Å². The van der Waals surface area contributed by atoms with Crippen molar-refractivity contribution in [1.29, 1.82) is 0 Å². The van der Waals surface area contributed by atoms with Gasteiger partial charge < -0.3 is 14.8 Å². The van der Waals surface area contributed by atoms with E-state index in [4.69, 9.17) is 9.47 Å². The second kappa shape index (κ2) is 12.9. The molecule has 2 aliphatic rings. The predicted octanol–water partition coefficient (Wildman–Crippen LogP) is 4.99. The van der Waals surface area contributed by atoms with E-state index in [9.17, 15) is 14.4 Å². The van der Waals surface area contributed by atoms with Gasteiger partial charge in [-0.05, 0) is 23.1 Å². The number of carbonyl (C=O) groups excluding carboxylic acids is 3. The van der Waals surface area contributed by atoms with Gasteiger partial charge in [0.25, 0.3) is 5.91 Å². The molecule has 0 aromatic heterocycles.